The summed E-state index contributed by atoms with van der Waals surface area (Å²) in [6, 6.07) is -0.206. The van der Waals surface area contributed by atoms with E-state index in [1.807, 2.05) is 25.7 Å². The molecule has 0 radical (unpaired) electrons. The summed E-state index contributed by atoms with van der Waals surface area (Å²) >= 11 is 0. The van der Waals surface area contributed by atoms with Gasteiger partial charge in [0.15, 0.2) is 0 Å². The van der Waals surface area contributed by atoms with Gasteiger partial charge in [0.2, 0.25) is 0 Å². The van der Waals surface area contributed by atoms with E-state index in [1.165, 1.54) is 0 Å². The Balaban J connectivity index is 2.45. The molecular weight excluding hydrogens is 246 g/mol. The minimum atomic E-state index is -0.558. The Labute approximate surface area is 115 Å². The summed E-state index contributed by atoms with van der Waals surface area (Å²) in [7, 11) is 0. The second-order valence-corrected chi connectivity index (χ2v) is 5.29. The molecule has 1 fully saturated rings. The topological polar surface area (TPSA) is 59.0 Å². The Kier molecular flexibility index (Phi) is 7.34. The van der Waals surface area contributed by atoms with E-state index in [9.17, 15) is 9.90 Å². The molecule has 112 valence electrons. The molecule has 5 nitrogen and oxygen atoms in total. The van der Waals surface area contributed by atoms with Crippen molar-refractivity contribution in [2.24, 2.45) is 0 Å². The zero-order chi connectivity index (χ0) is 14.3. The van der Waals surface area contributed by atoms with Crippen molar-refractivity contribution >= 4 is 5.97 Å². The Morgan fingerprint density at radius 3 is 2.79 bits per heavy atom. The van der Waals surface area contributed by atoms with Crippen LogP contribution in [0.25, 0.3) is 0 Å². The summed E-state index contributed by atoms with van der Waals surface area (Å²) in [6.07, 6.45) is 2.47. The van der Waals surface area contributed by atoms with E-state index in [-0.39, 0.29) is 18.1 Å². The maximum atomic E-state index is 11.9. The van der Waals surface area contributed by atoms with Crippen molar-refractivity contribution < 1.29 is 19.4 Å². The van der Waals surface area contributed by atoms with Crippen molar-refractivity contribution in [3.8, 4) is 0 Å². The monoisotopic (exact) mass is 273 g/mol. The molecule has 19 heavy (non-hydrogen) atoms. The fourth-order valence-electron chi connectivity index (χ4n) is 2.34. The number of hydrogen-bond acceptors (Lipinski definition) is 5. The first kappa shape index (κ1) is 16.4. The number of rotatable bonds is 7. The highest BCUT2D eigenvalue weighted by molar-refractivity contribution is 5.75. The van der Waals surface area contributed by atoms with Gasteiger partial charge < -0.3 is 14.6 Å². The Bertz CT molecular complexity index is 270. The number of likely N-dealkylation sites (tertiary alicyclic amines) is 1. The van der Waals surface area contributed by atoms with Gasteiger partial charge in [-0.1, -0.05) is 6.42 Å². The molecule has 1 saturated heterocycles. The second-order valence-electron chi connectivity index (χ2n) is 5.29. The third-order valence-corrected chi connectivity index (χ3v) is 3.24. The second kappa shape index (κ2) is 8.51. The number of nitrogens with zero attached hydrogens (tertiary/aromatic N) is 1. The van der Waals surface area contributed by atoms with Gasteiger partial charge in [0.05, 0.1) is 25.4 Å². The van der Waals surface area contributed by atoms with Crippen molar-refractivity contribution in [1.29, 1.82) is 0 Å². The number of piperidine rings is 1. The van der Waals surface area contributed by atoms with E-state index in [2.05, 4.69) is 0 Å². The van der Waals surface area contributed by atoms with Crippen molar-refractivity contribution in [3.05, 3.63) is 0 Å². The lowest BCUT2D eigenvalue weighted by Gasteiger charge is -2.35. The molecule has 2 atom stereocenters. The average molecular weight is 273 g/mol. The number of esters is 1. The highest BCUT2D eigenvalue weighted by Gasteiger charge is 2.30. The molecule has 0 aromatic carbocycles. The molecule has 2 unspecified atom stereocenters. The summed E-state index contributed by atoms with van der Waals surface area (Å²) in [5.74, 6) is -0.167. The average Bonchev–Trinajstić information content (AvgIpc) is 2.37. The van der Waals surface area contributed by atoms with Crippen LogP contribution in [-0.2, 0) is 14.3 Å². The standard InChI is InChI=1S/C14H27NO4/c1-4-18-14(17)13-7-5-6-8-15(13)9-12(16)10-19-11(2)3/h11-13,16H,4-10H2,1-3H3. The first-order chi connectivity index (χ1) is 9.04. The van der Waals surface area contributed by atoms with Crippen LogP contribution in [0.3, 0.4) is 0 Å². The van der Waals surface area contributed by atoms with Crippen LogP contribution in [0.1, 0.15) is 40.0 Å². The number of aliphatic hydroxyl groups is 1. The number of carbonyl (C=O) groups excluding carboxylic acids is 1. The summed E-state index contributed by atoms with van der Waals surface area (Å²) in [4.78, 5) is 13.9. The highest BCUT2D eigenvalue weighted by atomic mass is 16.5. The number of β-amino-alcohol motifs (C(OH)–C–C–N with tert-alkyl or cyclic N) is 1. The van der Waals surface area contributed by atoms with E-state index in [0.717, 1.165) is 25.8 Å². The van der Waals surface area contributed by atoms with Crippen LogP contribution in [0.4, 0.5) is 0 Å². The quantitative estimate of drug-likeness (QED) is 0.706. The van der Waals surface area contributed by atoms with E-state index in [4.69, 9.17) is 9.47 Å². The van der Waals surface area contributed by atoms with Crippen molar-refractivity contribution in [2.45, 2.75) is 58.3 Å². The number of carbonyl (C=O) groups is 1. The summed E-state index contributed by atoms with van der Waals surface area (Å²) in [6.45, 7) is 7.71. The maximum Gasteiger partial charge on any atom is 0.323 e. The van der Waals surface area contributed by atoms with Gasteiger partial charge in [0, 0.05) is 6.54 Å². The van der Waals surface area contributed by atoms with Gasteiger partial charge in [-0.15, -0.1) is 0 Å². The zero-order valence-electron chi connectivity index (χ0n) is 12.3. The molecule has 0 spiro atoms. The maximum absolute atomic E-state index is 11.9. The van der Waals surface area contributed by atoms with Gasteiger partial charge in [0.25, 0.3) is 0 Å². The normalized spacial score (nSPS) is 22.5. The first-order valence-electron chi connectivity index (χ1n) is 7.25. The molecule has 0 saturated carbocycles. The fourth-order valence-corrected chi connectivity index (χ4v) is 2.34. The van der Waals surface area contributed by atoms with Gasteiger partial charge in [-0.3, -0.25) is 9.69 Å². The molecule has 1 aliphatic heterocycles. The van der Waals surface area contributed by atoms with Gasteiger partial charge in [-0.2, -0.15) is 0 Å². The number of aliphatic hydroxyl groups excluding tert-OH is 1. The molecule has 0 aromatic rings. The van der Waals surface area contributed by atoms with Crippen molar-refractivity contribution in [1.82, 2.24) is 4.90 Å². The molecule has 0 aromatic heterocycles. The Morgan fingerprint density at radius 1 is 1.42 bits per heavy atom. The highest BCUT2D eigenvalue weighted by Crippen LogP contribution is 2.18. The number of hydrogen-bond donors (Lipinski definition) is 1. The molecule has 1 N–H and O–H groups in total. The Morgan fingerprint density at radius 2 is 2.16 bits per heavy atom. The zero-order valence-corrected chi connectivity index (χ0v) is 12.3. The largest absolute Gasteiger partial charge is 0.465 e. The van der Waals surface area contributed by atoms with Crippen LogP contribution < -0.4 is 0 Å². The lowest BCUT2D eigenvalue weighted by Crippen LogP contribution is -2.49. The SMILES string of the molecule is CCOC(=O)C1CCCCN1CC(O)COC(C)C. The molecule has 1 rings (SSSR count). The molecule has 5 heteroatoms. The van der Waals surface area contributed by atoms with Crippen LogP contribution in [0.15, 0.2) is 0 Å². The summed E-state index contributed by atoms with van der Waals surface area (Å²) < 4.78 is 10.5. The van der Waals surface area contributed by atoms with E-state index in [0.29, 0.717) is 19.8 Å². The van der Waals surface area contributed by atoms with Crippen molar-refractivity contribution in [2.75, 3.05) is 26.3 Å². The lowest BCUT2D eigenvalue weighted by atomic mass is 10.0. The van der Waals surface area contributed by atoms with Crippen LogP contribution in [0.2, 0.25) is 0 Å². The predicted octanol–water partition coefficient (Wildman–Crippen LogP) is 1.19. The molecule has 0 aliphatic carbocycles. The van der Waals surface area contributed by atoms with Gasteiger partial charge >= 0.3 is 5.97 Å². The van der Waals surface area contributed by atoms with Gasteiger partial charge in [-0.25, -0.2) is 0 Å². The van der Waals surface area contributed by atoms with Gasteiger partial charge in [0.1, 0.15) is 6.04 Å². The first-order valence-corrected chi connectivity index (χ1v) is 7.25. The van der Waals surface area contributed by atoms with E-state index < -0.39 is 6.10 Å². The third kappa shape index (κ3) is 5.89. The molecule has 1 heterocycles. The molecule has 1 aliphatic rings. The predicted molar refractivity (Wildman–Crippen MR) is 72.9 cm³/mol. The smallest absolute Gasteiger partial charge is 0.323 e. The van der Waals surface area contributed by atoms with Crippen LogP contribution in [0.5, 0.6) is 0 Å². The molecule has 0 bridgehead atoms. The van der Waals surface area contributed by atoms with Gasteiger partial charge in [-0.05, 0) is 40.2 Å². The molecular formula is C14H27NO4. The minimum absolute atomic E-state index is 0.108. The Hall–Kier alpha value is -0.650. The third-order valence-electron chi connectivity index (χ3n) is 3.24. The minimum Gasteiger partial charge on any atom is -0.465 e. The van der Waals surface area contributed by atoms with Crippen LogP contribution in [-0.4, -0.2) is 60.5 Å². The van der Waals surface area contributed by atoms with Crippen LogP contribution in [0, 0.1) is 0 Å². The summed E-state index contributed by atoms with van der Waals surface area (Å²) in [5.41, 5.74) is 0. The molecule has 0 amide bonds. The lowest BCUT2D eigenvalue weighted by molar-refractivity contribution is -0.151. The van der Waals surface area contributed by atoms with Crippen LogP contribution >= 0.6 is 0 Å². The fraction of sp³-hybridized carbons (Fsp3) is 0.929. The van der Waals surface area contributed by atoms with Crippen molar-refractivity contribution in [3.63, 3.8) is 0 Å². The number of ether oxygens (including phenoxy) is 2. The van der Waals surface area contributed by atoms with E-state index >= 15 is 0 Å². The summed E-state index contributed by atoms with van der Waals surface area (Å²) in [5, 5.41) is 9.96. The van der Waals surface area contributed by atoms with E-state index in [1.54, 1.807) is 0 Å².